The Morgan fingerprint density at radius 1 is 0.871 bits per heavy atom. The maximum absolute atomic E-state index is 13.2. The summed E-state index contributed by atoms with van der Waals surface area (Å²) < 4.78 is 5.76. The van der Waals surface area contributed by atoms with E-state index in [4.69, 9.17) is 4.42 Å². The van der Waals surface area contributed by atoms with Crippen LogP contribution in [-0.4, -0.2) is 21.4 Å². The summed E-state index contributed by atoms with van der Waals surface area (Å²) in [6.45, 7) is 4.29. The van der Waals surface area contributed by atoms with E-state index in [0.29, 0.717) is 11.1 Å². The van der Waals surface area contributed by atoms with Gasteiger partial charge < -0.3 is 4.42 Å². The molecule has 1 N–H and O–H groups in total. The van der Waals surface area contributed by atoms with Crippen LogP contribution in [0.25, 0.3) is 11.5 Å². The quantitative estimate of drug-likeness (QED) is 0.365. The Bertz CT molecular complexity index is 1100. The average molecular weight is 430 g/mol. The van der Waals surface area contributed by atoms with E-state index < -0.39 is 5.92 Å². The highest BCUT2D eigenvalue weighted by atomic mass is 32.2. The third-order valence-electron chi connectivity index (χ3n) is 4.64. The summed E-state index contributed by atoms with van der Waals surface area (Å²) in [5.74, 6) is -0.335. The number of carbonyl (C=O) groups is 1. The molecule has 4 aromatic rings. The van der Waals surface area contributed by atoms with Crippen molar-refractivity contribution >= 4 is 23.7 Å². The molecule has 0 atom stereocenters. The van der Waals surface area contributed by atoms with Gasteiger partial charge in [-0.2, -0.15) is 0 Å². The monoisotopic (exact) mass is 429 g/mol. The summed E-state index contributed by atoms with van der Waals surface area (Å²) in [5, 5.41) is 11.4. The fourth-order valence-electron chi connectivity index (χ4n) is 3.33. The second kappa shape index (κ2) is 9.62. The molecule has 1 aromatic heterocycles. The molecule has 0 fully saturated rings. The number of hydrogen-bond acceptors (Lipinski definition) is 5. The summed E-state index contributed by atoms with van der Waals surface area (Å²) >= 11 is 1.76. The first-order valence-corrected chi connectivity index (χ1v) is 11.0. The lowest BCUT2D eigenvalue weighted by atomic mass is 9.90. The Balaban J connectivity index is 1.56. The standard InChI is InChI=1S/C25H23N3O2S/c1-17(2)31-21-15-9-14-20(16-21)24-27-28-25(30-24)26-23(29)22(18-10-5-3-6-11-18)19-12-7-4-8-13-19/h3-17,22H,1-2H3,(H,26,28,29). The molecule has 0 aliphatic rings. The lowest BCUT2D eigenvalue weighted by Crippen LogP contribution is -2.22. The summed E-state index contributed by atoms with van der Waals surface area (Å²) in [4.78, 5) is 14.3. The molecule has 0 aliphatic carbocycles. The van der Waals surface area contributed by atoms with Gasteiger partial charge in [-0.1, -0.05) is 85.7 Å². The van der Waals surface area contributed by atoms with E-state index in [1.807, 2.05) is 78.9 Å². The summed E-state index contributed by atoms with van der Waals surface area (Å²) in [5.41, 5.74) is 2.61. The number of carbonyl (C=O) groups excluding carboxylic acids is 1. The van der Waals surface area contributed by atoms with Crippen molar-refractivity contribution in [1.82, 2.24) is 10.2 Å². The molecule has 0 aliphatic heterocycles. The molecule has 0 bridgehead atoms. The fourth-order valence-corrected chi connectivity index (χ4v) is 4.23. The Morgan fingerprint density at radius 2 is 1.52 bits per heavy atom. The number of rotatable bonds is 7. The molecule has 1 amide bonds. The summed E-state index contributed by atoms with van der Waals surface area (Å²) in [6, 6.07) is 27.3. The van der Waals surface area contributed by atoms with Crippen LogP contribution < -0.4 is 5.32 Å². The number of nitrogens with one attached hydrogen (secondary N) is 1. The molecular weight excluding hydrogens is 406 g/mol. The minimum absolute atomic E-state index is 0.0822. The lowest BCUT2D eigenvalue weighted by molar-refractivity contribution is -0.116. The average Bonchev–Trinajstić information content (AvgIpc) is 3.24. The van der Waals surface area contributed by atoms with Crippen molar-refractivity contribution in [3.8, 4) is 11.5 Å². The van der Waals surface area contributed by atoms with E-state index in [-0.39, 0.29) is 11.9 Å². The molecule has 31 heavy (non-hydrogen) atoms. The van der Waals surface area contributed by atoms with Crippen LogP contribution >= 0.6 is 11.8 Å². The molecule has 0 saturated carbocycles. The first-order valence-electron chi connectivity index (χ1n) is 10.1. The molecule has 156 valence electrons. The van der Waals surface area contributed by atoms with Crippen LogP contribution in [0, 0.1) is 0 Å². The topological polar surface area (TPSA) is 68.0 Å². The largest absolute Gasteiger partial charge is 0.403 e. The molecule has 3 aromatic carbocycles. The maximum Gasteiger partial charge on any atom is 0.322 e. The second-order valence-electron chi connectivity index (χ2n) is 7.35. The molecule has 0 saturated heterocycles. The highest BCUT2D eigenvalue weighted by molar-refractivity contribution is 7.99. The molecule has 1 heterocycles. The fraction of sp³-hybridized carbons (Fsp3) is 0.160. The molecule has 5 nitrogen and oxygen atoms in total. The van der Waals surface area contributed by atoms with Crippen LogP contribution in [0.15, 0.2) is 94.2 Å². The normalized spacial score (nSPS) is 11.1. The van der Waals surface area contributed by atoms with Crippen molar-refractivity contribution in [1.29, 1.82) is 0 Å². The predicted octanol–water partition coefficient (Wildman–Crippen LogP) is 6.01. The Kier molecular flexibility index (Phi) is 6.48. The highest BCUT2D eigenvalue weighted by Gasteiger charge is 2.24. The zero-order chi connectivity index (χ0) is 21.6. The van der Waals surface area contributed by atoms with E-state index in [9.17, 15) is 4.79 Å². The molecular formula is C25H23N3O2S. The van der Waals surface area contributed by atoms with Crippen LogP contribution in [0.3, 0.4) is 0 Å². The van der Waals surface area contributed by atoms with E-state index in [1.165, 1.54) is 0 Å². The Hall–Kier alpha value is -3.38. The first-order chi connectivity index (χ1) is 15.1. The van der Waals surface area contributed by atoms with Crippen molar-refractivity contribution in [2.45, 2.75) is 29.9 Å². The predicted molar refractivity (Wildman–Crippen MR) is 124 cm³/mol. The van der Waals surface area contributed by atoms with E-state index in [2.05, 4.69) is 35.4 Å². The third kappa shape index (κ3) is 5.22. The maximum atomic E-state index is 13.2. The third-order valence-corrected chi connectivity index (χ3v) is 5.63. The number of thioether (sulfide) groups is 1. The van der Waals surface area contributed by atoms with Crippen molar-refractivity contribution in [2.24, 2.45) is 0 Å². The number of aromatic nitrogens is 2. The van der Waals surface area contributed by atoms with Crippen molar-refractivity contribution in [3.63, 3.8) is 0 Å². The summed E-state index contributed by atoms with van der Waals surface area (Å²) in [6.07, 6.45) is 0. The molecule has 0 radical (unpaired) electrons. The van der Waals surface area contributed by atoms with Gasteiger partial charge in [-0.25, -0.2) is 0 Å². The van der Waals surface area contributed by atoms with Crippen LogP contribution in [-0.2, 0) is 4.79 Å². The number of hydrogen-bond donors (Lipinski definition) is 1. The van der Waals surface area contributed by atoms with Crippen molar-refractivity contribution in [2.75, 3.05) is 5.32 Å². The SMILES string of the molecule is CC(C)Sc1cccc(-c2nnc(NC(=O)C(c3ccccc3)c3ccccc3)o2)c1. The zero-order valence-electron chi connectivity index (χ0n) is 17.4. The van der Waals surface area contributed by atoms with Gasteiger partial charge in [0.2, 0.25) is 11.8 Å². The molecule has 0 unspecified atom stereocenters. The van der Waals surface area contributed by atoms with Crippen molar-refractivity contribution in [3.05, 3.63) is 96.1 Å². The molecule has 4 rings (SSSR count). The minimum Gasteiger partial charge on any atom is -0.403 e. The van der Waals surface area contributed by atoms with Gasteiger partial charge in [-0.05, 0) is 29.3 Å². The van der Waals surface area contributed by atoms with Gasteiger partial charge >= 0.3 is 6.01 Å². The van der Waals surface area contributed by atoms with Gasteiger partial charge in [0.1, 0.15) is 0 Å². The van der Waals surface area contributed by atoms with Gasteiger partial charge in [0.05, 0.1) is 5.92 Å². The van der Waals surface area contributed by atoms with Crippen LogP contribution in [0.5, 0.6) is 0 Å². The number of amides is 1. The van der Waals surface area contributed by atoms with Crippen molar-refractivity contribution < 1.29 is 9.21 Å². The Labute approximate surface area is 185 Å². The minimum atomic E-state index is -0.483. The van der Waals surface area contributed by atoms with E-state index in [0.717, 1.165) is 21.6 Å². The lowest BCUT2D eigenvalue weighted by Gasteiger charge is -2.16. The molecule has 6 heteroatoms. The van der Waals surface area contributed by atoms with Gasteiger partial charge in [0.15, 0.2) is 0 Å². The van der Waals surface area contributed by atoms with Crippen LogP contribution in [0.2, 0.25) is 0 Å². The second-order valence-corrected chi connectivity index (χ2v) is 9.00. The summed E-state index contributed by atoms with van der Waals surface area (Å²) in [7, 11) is 0. The molecule has 0 spiro atoms. The van der Waals surface area contributed by atoms with Gasteiger partial charge in [0, 0.05) is 15.7 Å². The smallest absolute Gasteiger partial charge is 0.322 e. The van der Waals surface area contributed by atoms with Gasteiger partial charge in [-0.15, -0.1) is 16.9 Å². The van der Waals surface area contributed by atoms with E-state index in [1.54, 1.807) is 11.8 Å². The van der Waals surface area contributed by atoms with Crippen LogP contribution in [0.1, 0.15) is 30.9 Å². The number of anilines is 1. The number of benzene rings is 3. The number of nitrogens with zero attached hydrogens (tertiary/aromatic N) is 2. The highest BCUT2D eigenvalue weighted by Crippen LogP contribution is 2.29. The van der Waals surface area contributed by atoms with Crippen LogP contribution in [0.4, 0.5) is 6.01 Å². The van der Waals surface area contributed by atoms with E-state index >= 15 is 0 Å². The zero-order valence-corrected chi connectivity index (χ0v) is 18.2. The Morgan fingerprint density at radius 3 is 2.13 bits per heavy atom. The van der Waals surface area contributed by atoms with Gasteiger partial charge in [0.25, 0.3) is 0 Å². The van der Waals surface area contributed by atoms with Gasteiger partial charge in [-0.3, -0.25) is 10.1 Å². The first kappa shape index (κ1) is 20.9.